The molecule has 2 rings (SSSR count). The van der Waals surface area contributed by atoms with Crippen molar-refractivity contribution in [3.8, 4) is 0 Å². The Morgan fingerprint density at radius 1 is 1.57 bits per heavy atom. The molecule has 0 atom stereocenters. The van der Waals surface area contributed by atoms with E-state index in [4.69, 9.17) is 18.0 Å². The van der Waals surface area contributed by atoms with Crippen molar-refractivity contribution in [2.45, 2.75) is 44.6 Å². The molecule has 0 amide bonds. The summed E-state index contributed by atoms with van der Waals surface area (Å²) in [5.41, 5.74) is 5.97. The predicted octanol–water partition coefficient (Wildman–Crippen LogP) is 2.20. The van der Waals surface area contributed by atoms with Crippen LogP contribution < -0.4 is 5.73 Å². The highest BCUT2D eigenvalue weighted by Crippen LogP contribution is 2.40. The SMILES string of the molecule is CCC1(n2c(N)n[nH]c2=S)CCCC1. The first-order valence-corrected chi connectivity index (χ1v) is 5.54. The molecule has 1 aliphatic rings. The number of rotatable bonds is 2. The molecule has 78 valence electrons. The molecular weight excluding hydrogens is 196 g/mol. The molecule has 3 N–H and O–H groups in total. The molecule has 14 heavy (non-hydrogen) atoms. The quantitative estimate of drug-likeness (QED) is 0.739. The van der Waals surface area contributed by atoms with Gasteiger partial charge in [-0.1, -0.05) is 19.8 Å². The van der Waals surface area contributed by atoms with Gasteiger partial charge in [-0.3, -0.25) is 4.57 Å². The van der Waals surface area contributed by atoms with E-state index in [0.29, 0.717) is 10.7 Å². The summed E-state index contributed by atoms with van der Waals surface area (Å²) >= 11 is 5.21. The fourth-order valence-corrected chi connectivity index (χ4v) is 2.87. The number of H-pyrrole nitrogens is 1. The highest BCUT2D eigenvalue weighted by atomic mass is 32.1. The Kier molecular flexibility index (Phi) is 2.34. The van der Waals surface area contributed by atoms with E-state index in [9.17, 15) is 0 Å². The van der Waals surface area contributed by atoms with Crippen molar-refractivity contribution in [1.82, 2.24) is 14.8 Å². The summed E-state index contributed by atoms with van der Waals surface area (Å²) in [6.07, 6.45) is 5.94. The molecule has 4 nitrogen and oxygen atoms in total. The summed E-state index contributed by atoms with van der Waals surface area (Å²) in [7, 11) is 0. The van der Waals surface area contributed by atoms with Crippen LogP contribution in [0.5, 0.6) is 0 Å². The van der Waals surface area contributed by atoms with E-state index in [1.165, 1.54) is 25.7 Å². The van der Waals surface area contributed by atoms with Crippen molar-refractivity contribution in [3.05, 3.63) is 4.77 Å². The van der Waals surface area contributed by atoms with E-state index in [1.54, 1.807) is 0 Å². The normalized spacial score (nSPS) is 20.1. The monoisotopic (exact) mass is 212 g/mol. The third-order valence-corrected chi connectivity index (χ3v) is 3.64. The maximum atomic E-state index is 5.84. The Hall–Kier alpha value is -0.840. The van der Waals surface area contributed by atoms with E-state index in [2.05, 4.69) is 17.1 Å². The zero-order valence-electron chi connectivity index (χ0n) is 8.42. The topological polar surface area (TPSA) is 59.6 Å². The number of hydrogen-bond donors (Lipinski definition) is 2. The van der Waals surface area contributed by atoms with Gasteiger partial charge in [0.15, 0.2) is 4.77 Å². The van der Waals surface area contributed by atoms with Gasteiger partial charge >= 0.3 is 0 Å². The van der Waals surface area contributed by atoms with Crippen molar-refractivity contribution >= 4 is 18.2 Å². The first kappa shape index (κ1) is 9.71. The van der Waals surface area contributed by atoms with Crippen molar-refractivity contribution in [2.75, 3.05) is 5.73 Å². The van der Waals surface area contributed by atoms with E-state index in [-0.39, 0.29) is 5.54 Å². The molecule has 0 bridgehead atoms. The fraction of sp³-hybridized carbons (Fsp3) is 0.778. The van der Waals surface area contributed by atoms with Crippen molar-refractivity contribution in [1.29, 1.82) is 0 Å². The van der Waals surface area contributed by atoms with Gasteiger partial charge in [0, 0.05) is 0 Å². The smallest absolute Gasteiger partial charge is 0.221 e. The second-order valence-corrected chi connectivity index (χ2v) is 4.39. The molecule has 1 heterocycles. The van der Waals surface area contributed by atoms with Gasteiger partial charge in [-0.2, -0.15) is 0 Å². The lowest BCUT2D eigenvalue weighted by Gasteiger charge is -2.29. The van der Waals surface area contributed by atoms with Crippen LogP contribution in [-0.4, -0.2) is 14.8 Å². The second-order valence-electron chi connectivity index (χ2n) is 4.01. The maximum absolute atomic E-state index is 5.84. The molecule has 0 unspecified atom stereocenters. The largest absolute Gasteiger partial charge is 0.368 e. The molecule has 0 aliphatic heterocycles. The average Bonchev–Trinajstić information content (AvgIpc) is 2.75. The number of hydrogen-bond acceptors (Lipinski definition) is 3. The summed E-state index contributed by atoms with van der Waals surface area (Å²) < 4.78 is 2.67. The average molecular weight is 212 g/mol. The molecule has 5 heteroatoms. The molecule has 1 fully saturated rings. The summed E-state index contributed by atoms with van der Waals surface area (Å²) in [6, 6.07) is 0. The summed E-state index contributed by atoms with van der Waals surface area (Å²) in [4.78, 5) is 0. The van der Waals surface area contributed by atoms with Gasteiger partial charge < -0.3 is 5.73 Å². The van der Waals surface area contributed by atoms with Gasteiger partial charge in [0.05, 0.1) is 5.54 Å². The van der Waals surface area contributed by atoms with Gasteiger partial charge in [0.2, 0.25) is 5.95 Å². The van der Waals surface area contributed by atoms with Crippen molar-refractivity contribution in [3.63, 3.8) is 0 Å². The molecule has 0 aromatic carbocycles. The highest BCUT2D eigenvalue weighted by Gasteiger charge is 2.35. The molecule has 1 aliphatic carbocycles. The fourth-order valence-electron chi connectivity index (χ4n) is 2.54. The number of nitrogens with one attached hydrogen (secondary N) is 1. The van der Waals surface area contributed by atoms with Gasteiger partial charge in [-0.15, -0.1) is 5.10 Å². The predicted molar refractivity (Wildman–Crippen MR) is 58.6 cm³/mol. The summed E-state index contributed by atoms with van der Waals surface area (Å²) in [5.74, 6) is 0.527. The van der Waals surface area contributed by atoms with Gasteiger partial charge in [0.25, 0.3) is 0 Å². The highest BCUT2D eigenvalue weighted by molar-refractivity contribution is 7.71. The maximum Gasteiger partial charge on any atom is 0.221 e. The Bertz CT molecular complexity index is 372. The zero-order chi connectivity index (χ0) is 10.2. The van der Waals surface area contributed by atoms with Crippen molar-refractivity contribution in [2.24, 2.45) is 0 Å². The Morgan fingerprint density at radius 3 is 2.64 bits per heavy atom. The lowest BCUT2D eigenvalue weighted by molar-refractivity contribution is 0.282. The number of nitrogen functional groups attached to an aromatic ring is 1. The summed E-state index contributed by atoms with van der Waals surface area (Å²) in [6.45, 7) is 2.19. The first-order valence-electron chi connectivity index (χ1n) is 5.13. The minimum absolute atomic E-state index is 0.133. The minimum atomic E-state index is 0.133. The van der Waals surface area contributed by atoms with Crippen LogP contribution in [0.4, 0.5) is 5.95 Å². The Morgan fingerprint density at radius 2 is 2.21 bits per heavy atom. The van der Waals surface area contributed by atoms with Crippen molar-refractivity contribution < 1.29 is 0 Å². The van der Waals surface area contributed by atoms with Crippen LogP contribution >= 0.6 is 12.2 Å². The third kappa shape index (κ3) is 1.27. The number of anilines is 1. The molecule has 1 aromatic rings. The Labute approximate surface area is 88.5 Å². The number of aromatic amines is 1. The number of nitrogens with zero attached hydrogens (tertiary/aromatic N) is 2. The standard InChI is InChI=1S/C9H16N4S/c1-2-9(5-3-4-6-9)13-7(10)11-12-8(13)14/h2-6H2,1H3,(H2,10,11)(H,12,14). The van der Waals surface area contributed by atoms with Crippen LogP contribution in [0.1, 0.15) is 39.0 Å². The zero-order valence-corrected chi connectivity index (χ0v) is 9.23. The molecule has 1 aromatic heterocycles. The van der Waals surface area contributed by atoms with E-state index in [0.717, 1.165) is 6.42 Å². The van der Waals surface area contributed by atoms with E-state index in [1.807, 2.05) is 4.57 Å². The lowest BCUT2D eigenvalue weighted by atomic mass is 9.94. The minimum Gasteiger partial charge on any atom is -0.368 e. The van der Waals surface area contributed by atoms with E-state index >= 15 is 0 Å². The van der Waals surface area contributed by atoms with Crippen LogP contribution in [0.25, 0.3) is 0 Å². The van der Waals surface area contributed by atoms with Gasteiger partial charge in [-0.25, -0.2) is 5.10 Å². The molecule has 0 spiro atoms. The second kappa shape index (κ2) is 3.38. The summed E-state index contributed by atoms with van der Waals surface area (Å²) in [5, 5.41) is 6.74. The third-order valence-electron chi connectivity index (χ3n) is 3.37. The van der Waals surface area contributed by atoms with E-state index < -0.39 is 0 Å². The van der Waals surface area contributed by atoms with Crippen LogP contribution in [0.3, 0.4) is 0 Å². The molecular formula is C9H16N4S. The Balaban J connectivity index is 2.50. The molecule has 0 radical (unpaired) electrons. The van der Waals surface area contributed by atoms with Gasteiger partial charge in [0.1, 0.15) is 0 Å². The molecule has 1 saturated carbocycles. The van der Waals surface area contributed by atoms with Crippen LogP contribution in [0.15, 0.2) is 0 Å². The number of nitrogens with two attached hydrogens (primary N) is 1. The van der Waals surface area contributed by atoms with Gasteiger partial charge in [-0.05, 0) is 31.5 Å². The van der Waals surface area contributed by atoms with Crippen LogP contribution in [0, 0.1) is 4.77 Å². The number of aromatic nitrogens is 3. The lowest BCUT2D eigenvalue weighted by Crippen LogP contribution is -2.30. The van der Waals surface area contributed by atoms with Crippen LogP contribution in [0.2, 0.25) is 0 Å². The first-order chi connectivity index (χ1) is 6.69. The van der Waals surface area contributed by atoms with Crippen LogP contribution in [-0.2, 0) is 5.54 Å². The molecule has 0 saturated heterocycles.